The van der Waals surface area contributed by atoms with Crippen LogP contribution in [0.25, 0.3) is 0 Å². The smallest absolute Gasteiger partial charge is 0.310 e. The summed E-state index contributed by atoms with van der Waals surface area (Å²) in [6.07, 6.45) is 0.00361. The maximum Gasteiger partial charge on any atom is 0.310 e. The zero-order valence-corrected chi connectivity index (χ0v) is 19.0. The fourth-order valence-corrected chi connectivity index (χ4v) is 2.96. The Morgan fingerprint density at radius 1 is 0.594 bits per heavy atom. The van der Waals surface area contributed by atoms with Crippen molar-refractivity contribution >= 4 is 11.9 Å². The van der Waals surface area contributed by atoms with Gasteiger partial charge in [0, 0.05) is 11.1 Å². The quantitative estimate of drug-likeness (QED) is 0.455. The molecule has 2 aromatic carbocycles. The van der Waals surface area contributed by atoms with Crippen LogP contribution in [0, 0.1) is 11.8 Å². The van der Waals surface area contributed by atoms with Crippen molar-refractivity contribution in [2.75, 3.05) is 42.7 Å². The number of carbonyl (C=O) groups excluding carboxylic acids is 2. The topological polar surface area (TPSA) is 89.5 Å². The number of hydrogen-bond acceptors (Lipinski definition) is 8. The van der Waals surface area contributed by atoms with E-state index in [1.807, 2.05) is 0 Å². The molecule has 0 fully saturated rings. The van der Waals surface area contributed by atoms with E-state index in [1.165, 1.54) is 42.7 Å². The van der Waals surface area contributed by atoms with Crippen molar-refractivity contribution in [1.29, 1.82) is 0 Å². The molecule has 8 nitrogen and oxygen atoms in total. The average Bonchev–Trinajstić information content (AvgIpc) is 2.82. The number of benzene rings is 2. The van der Waals surface area contributed by atoms with Gasteiger partial charge in [-0.3, -0.25) is 9.59 Å². The van der Waals surface area contributed by atoms with Crippen LogP contribution in [0.3, 0.4) is 0 Å². The summed E-state index contributed by atoms with van der Waals surface area (Å²) >= 11 is 0. The molecule has 0 N–H and O–H groups in total. The number of ether oxygens (including phenoxy) is 6. The van der Waals surface area contributed by atoms with Gasteiger partial charge in [-0.1, -0.05) is 11.8 Å². The van der Waals surface area contributed by atoms with Crippen molar-refractivity contribution in [3.05, 3.63) is 46.5 Å². The molecule has 0 saturated carbocycles. The van der Waals surface area contributed by atoms with Crippen LogP contribution in [0.1, 0.15) is 22.3 Å². The summed E-state index contributed by atoms with van der Waals surface area (Å²) in [5.74, 6) is 7.15. The van der Waals surface area contributed by atoms with Gasteiger partial charge >= 0.3 is 11.9 Å². The van der Waals surface area contributed by atoms with Crippen molar-refractivity contribution in [3.63, 3.8) is 0 Å². The van der Waals surface area contributed by atoms with Crippen LogP contribution in [0.2, 0.25) is 0 Å². The van der Waals surface area contributed by atoms with Crippen LogP contribution in [0.15, 0.2) is 24.3 Å². The van der Waals surface area contributed by atoms with E-state index in [-0.39, 0.29) is 12.8 Å². The van der Waals surface area contributed by atoms with Crippen molar-refractivity contribution in [1.82, 2.24) is 0 Å². The summed E-state index contributed by atoms with van der Waals surface area (Å²) in [4.78, 5) is 23.8. The van der Waals surface area contributed by atoms with Gasteiger partial charge in [-0.05, 0) is 35.4 Å². The molecular formula is C24H26O8. The number of carbonyl (C=O) groups is 2. The van der Waals surface area contributed by atoms with Crippen LogP contribution in [-0.2, 0) is 31.9 Å². The maximum absolute atomic E-state index is 11.9. The Morgan fingerprint density at radius 2 is 0.906 bits per heavy atom. The number of esters is 2. The molecule has 32 heavy (non-hydrogen) atoms. The van der Waals surface area contributed by atoms with Crippen LogP contribution in [0.5, 0.6) is 23.0 Å². The summed E-state index contributed by atoms with van der Waals surface area (Å²) in [6.45, 7) is 0. The molecule has 0 saturated heterocycles. The van der Waals surface area contributed by atoms with E-state index in [0.29, 0.717) is 45.3 Å². The van der Waals surface area contributed by atoms with Gasteiger partial charge in [0.2, 0.25) is 0 Å². The highest BCUT2D eigenvalue weighted by Gasteiger charge is 2.15. The minimum absolute atomic E-state index is 0.00180. The normalized spacial score (nSPS) is 9.81. The molecule has 0 aliphatic carbocycles. The lowest BCUT2D eigenvalue weighted by molar-refractivity contribution is -0.140. The zero-order chi connectivity index (χ0) is 23.7. The highest BCUT2D eigenvalue weighted by Crippen LogP contribution is 2.32. The lowest BCUT2D eigenvalue weighted by atomic mass is 10.0. The highest BCUT2D eigenvalue weighted by molar-refractivity contribution is 5.75. The summed E-state index contributed by atoms with van der Waals surface area (Å²) in [7, 11) is 8.67. The summed E-state index contributed by atoms with van der Waals surface area (Å²) in [5, 5.41) is 0. The third-order valence-electron chi connectivity index (χ3n) is 4.68. The lowest BCUT2D eigenvalue weighted by Gasteiger charge is -2.12. The van der Waals surface area contributed by atoms with Gasteiger partial charge in [-0.2, -0.15) is 0 Å². The maximum atomic E-state index is 11.9. The molecule has 0 aromatic heterocycles. The second-order valence-electron chi connectivity index (χ2n) is 6.48. The number of hydrogen-bond donors (Lipinski definition) is 0. The highest BCUT2D eigenvalue weighted by atomic mass is 16.5. The molecule has 0 atom stereocenters. The standard InChI is InChI=1S/C24H26O8/c1-27-19-9-15(17(11-21(19)29-3)13-23(25)31-5)7-8-16-10-20(28-2)22(30-4)12-18(16)14-24(26)32-6/h9-12H,13-14H2,1-6H3. The van der Waals surface area contributed by atoms with Gasteiger partial charge in [-0.15, -0.1) is 0 Å². The van der Waals surface area contributed by atoms with Gasteiger partial charge in [0.05, 0.1) is 55.5 Å². The van der Waals surface area contributed by atoms with Gasteiger partial charge < -0.3 is 28.4 Å². The predicted molar refractivity (Wildman–Crippen MR) is 117 cm³/mol. The molecule has 2 aromatic rings. The molecule has 0 spiro atoms. The van der Waals surface area contributed by atoms with E-state index in [9.17, 15) is 9.59 Å². The third-order valence-corrected chi connectivity index (χ3v) is 4.68. The Hall–Kier alpha value is -3.86. The second-order valence-corrected chi connectivity index (χ2v) is 6.48. The van der Waals surface area contributed by atoms with Gasteiger partial charge in [-0.25, -0.2) is 0 Å². The Bertz CT molecular complexity index is 965. The largest absolute Gasteiger partial charge is 0.493 e. The molecule has 2 rings (SSSR count). The number of methoxy groups -OCH3 is 6. The third kappa shape index (κ3) is 5.85. The Morgan fingerprint density at radius 3 is 1.19 bits per heavy atom. The first-order valence-corrected chi connectivity index (χ1v) is 9.56. The summed E-state index contributed by atoms with van der Waals surface area (Å²) < 4.78 is 31.0. The van der Waals surface area contributed by atoms with E-state index in [1.54, 1.807) is 24.3 Å². The van der Waals surface area contributed by atoms with E-state index in [4.69, 9.17) is 28.4 Å². The zero-order valence-electron chi connectivity index (χ0n) is 19.0. The lowest BCUT2D eigenvalue weighted by Crippen LogP contribution is -2.07. The monoisotopic (exact) mass is 442 g/mol. The van der Waals surface area contributed by atoms with Crippen molar-refractivity contribution in [2.24, 2.45) is 0 Å². The van der Waals surface area contributed by atoms with Gasteiger partial charge in [0.15, 0.2) is 23.0 Å². The molecular weight excluding hydrogens is 416 g/mol. The molecule has 0 aliphatic rings. The molecule has 0 unspecified atom stereocenters. The molecule has 0 aliphatic heterocycles. The van der Waals surface area contributed by atoms with Crippen molar-refractivity contribution in [3.8, 4) is 34.8 Å². The van der Waals surface area contributed by atoms with Gasteiger partial charge in [0.25, 0.3) is 0 Å². The van der Waals surface area contributed by atoms with E-state index in [0.717, 1.165) is 0 Å². The molecule has 0 radical (unpaired) electrons. The summed E-state index contributed by atoms with van der Waals surface area (Å²) in [6, 6.07) is 6.74. The Kier molecular flexibility index (Phi) is 8.78. The average molecular weight is 442 g/mol. The van der Waals surface area contributed by atoms with Crippen molar-refractivity contribution in [2.45, 2.75) is 12.8 Å². The molecule has 8 heteroatoms. The minimum Gasteiger partial charge on any atom is -0.493 e. The van der Waals surface area contributed by atoms with Crippen LogP contribution in [-0.4, -0.2) is 54.6 Å². The summed E-state index contributed by atoms with van der Waals surface area (Å²) in [5.41, 5.74) is 2.31. The second kappa shape index (κ2) is 11.5. The van der Waals surface area contributed by atoms with Crippen LogP contribution < -0.4 is 18.9 Å². The Labute approximate surface area is 187 Å². The van der Waals surface area contributed by atoms with Crippen molar-refractivity contribution < 1.29 is 38.0 Å². The molecule has 0 heterocycles. The minimum atomic E-state index is -0.419. The Balaban J connectivity index is 2.64. The fourth-order valence-electron chi connectivity index (χ4n) is 2.96. The van der Waals surface area contributed by atoms with E-state index >= 15 is 0 Å². The SMILES string of the molecule is COC(=O)Cc1cc(OC)c(OC)cc1C#Cc1cc(OC)c(OC)cc1CC(=O)OC. The van der Waals surface area contributed by atoms with Crippen LogP contribution in [0.4, 0.5) is 0 Å². The van der Waals surface area contributed by atoms with Gasteiger partial charge in [0.1, 0.15) is 0 Å². The first-order valence-electron chi connectivity index (χ1n) is 9.56. The fraction of sp³-hybridized carbons (Fsp3) is 0.333. The number of rotatable bonds is 8. The predicted octanol–water partition coefficient (Wildman–Crippen LogP) is 2.55. The van der Waals surface area contributed by atoms with E-state index in [2.05, 4.69) is 11.8 Å². The first-order chi connectivity index (χ1) is 15.4. The first kappa shape index (κ1) is 24.4. The van der Waals surface area contributed by atoms with E-state index < -0.39 is 11.9 Å². The molecule has 170 valence electrons. The molecule has 0 amide bonds. The molecule has 0 bridgehead atoms. The van der Waals surface area contributed by atoms with Crippen LogP contribution >= 0.6 is 0 Å².